The predicted octanol–water partition coefficient (Wildman–Crippen LogP) is 3.86. The zero-order chi connectivity index (χ0) is 18.0. The fraction of sp³-hybridized carbons (Fsp3) is 0. The highest BCUT2D eigenvalue weighted by atomic mass is 35.5. The lowest BCUT2D eigenvalue weighted by Crippen LogP contribution is -1.95. The highest BCUT2D eigenvalue weighted by Crippen LogP contribution is 2.27. The second kappa shape index (κ2) is 6.66. The maximum Gasteiger partial charge on any atom is 0.339 e. The number of nitrogens with zero attached hydrogens (tertiary/aromatic N) is 2. The Balaban J connectivity index is 1.88. The van der Waals surface area contributed by atoms with Crippen molar-refractivity contribution in [3.8, 4) is 23.1 Å². The third kappa shape index (κ3) is 3.61. The van der Waals surface area contributed by atoms with E-state index < -0.39 is 11.9 Å². The molecular weight excluding hydrogens is 348 g/mol. The third-order valence-electron chi connectivity index (χ3n) is 3.27. The number of oxazole rings is 1. The number of carbonyl (C=O) groups is 1. The molecule has 8 heteroatoms. The molecule has 0 radical (unpaired) electrons. The number of hydrogen-bond donors (Lipinski definition) is 3. The van der Waals surface area contributed by atoms with E-state index in [2.05, 4.69) is 9.98 Å². The number of aliphatic imine (C=N–C) groups is 1. The summed E-state index contributed by atoms with van der Waals surface area (Å²) in [5.41, 5.74) is 0.693. The second-order valence-corrected chi connectivity index (χ2v) is 5.42. The van der Waals surface area contributed by atoms with Gasteiger partial charge in [-0.25, -0.2) is 9.78 Å². The molecule has 3 rings (SSSR count). The Morgan fingerprint density at radius 2 is 1.88 bits per heavy atom. The lowest BCUT2D eigenvalue weighted by Gasteiger charge is -1.99. The Kier molecular flexibility index (Phi) is 4.40. The number of aromatic hydroxyl groups is 2. The third-order valence-corrected chi connectivity index (χ3v) is 3.52. The van der Waals surface area contributed by atoms with Crippen molar-refractivity contribution in [2.75, 3.05) is 0 Å². The van der Waals surface area contributed by atoms with Crippen molar-refractivity contribution < 1.29 is 24.5 Å². The fourth-order valence-corrected chi connectivity index (χ4v) is 2.16. The minimum Gasteiger partial charge on any atom is -0.507 e. The summed E-state index contributed by atoms with van der Waals surface area (Å²) in [7, 11) is 0. The highest BCUT2D eigenvalue weighted by Gasteiger charge is 2.13. The molecule has 0 saturated carbocycles. The van der Waals surface area contributed by atoms with Gasteiger partial charge in [-0.15, -0.1) is 0 Å². The van der Waals surface area contributed by atoms with Crippen LogP contribution in [-0.2, 0) is 0 Å². The molecule has 0 aliphatic rings. The molecule has 3 N–H and O–H groups in total. The SMILES string of the molecule is O=C(O)c1cc(N=Cc2nc(-c3ccc(Cl)cc3)oc2O)ccc1O. The number of carboxylic acid groups (broad SMARTS) is 1. The molecule has 1 aromatic heterocycles. The van der Waals surface area contributed by atoms with Gasteiger partial charge in [0.1, 0.15) is 11.3 Å². The summed E-state index contributed by atoms with van der Waals surface area (Å²) >= 11 is 5.82. The van der Waals surface area contributed by atoms with E-state index in [1.54, 1.807) is 24.3 Å². The van der Waals surface area contributed by atoms with Crippen molar-refractivity contribution in [2.24, 2.45) is 4.99 Å². The minimum atomic E-state index is -1.27. The van der Waals surface area contributed by atoms with Gasteiger partial charge >= 0.3 is 11.9 Å². The maximum absolute atomic E-state index is 11.0. The van der Waals surface area contributed by atoms with Crippen molar-refractivity contribution in [3.63, 3.8) is 0 Å². The quantitative estimate of drug-likeness (QED) is 0.610. The molecule has 0 aliphatic carbocycles. The number of carboxylic acids is 1. The first-order valence-electron chi connectivity index (χ1n) is 7.00. The van der Waals surface area contributed by atoms with Gasteiger partial charge in [0.05, 0.1) is 11.9 Å². The van der Waals surface area contributed by atoms with Crippen LogP contribution in [0.3, 0.4) is 0 Å². The Labute approximate surface area is 146 Å². The molecule has 25 heavy (non-hydrogen) atoms. The Morgan fingerprint density at radius 3 is 2.56 bits per heavy atom. The van der Waals surface area contributed by atoms with Crippen LogP contribution in [0.25, 0.3) is 11.5 Å². The van der Waals surface area contributed by atoms with Crippen LogP contribution in [-0.4, -0.2) is 32.5 Å². The normalized spacial score (nSPS) is 11.1. The van der Waals surface area contributed by atoms with E-state index in [1.807, 2.05) is 0 Å². The number of aromatic nitrogens is 1. The van der Waals surface area contributed by atoms with Gasteiger partial charge in [-0.05, 0) is 42.5 Å². The van der Waals surface area contributed by atoms with E-state index in [0.29, 0.717) is 10.6 Å². The topological polar surface area (TPSA) is 116 Å². The van der Waals surface area contributed by atoms with Gasteiger partial charge < -0.3 is 19.7 Å². The molecule has 0 unspecified atom stereocenters. The second-order valence-electron chi connectivity index (χ2n) is 4.98. The summed E-state index contributed by atoms with van der Waals surface area (Å²) in [5.74, 6) is -1.87. The molecule has 2 aromatic carbocycles. The van der Waals surface area contributed by atoms with Crippen molar-refractivity contribution in [3.05, 3.63) is 58.7 Å². The van der Waals surface area contributed by atoms with Gasteiger partial charge in [-0.3, -0.25) is 4.99 Å². The monoisotopic (exact) mass is 358 g/mol. The summed E-state index contributed by atoms with van der Waals surface area (Å²) < 4.78 is 5.19. The Morgan fingerprint density at radius 1 is 1.16 bits per heavy atom. The minimum absolute atomic E-state index is 0.0786. The molecule has 0 spiro atoms. The van der Waals surface area contributed by atoms with Crippen molar-refractivity contribution in [1.29, 1.82) is 0 Å². The highest BCUT2D eigenvalue weighted by molar-refractivity contribution is 6.30. The van der Waals surface area contributed by atoms with Crippen molar-refractivity contribution >= 4 is 29.5 Å². The number of hydrogen-bond acceptors (Lipinski definition) is 6. The van der Waals surface area contributed by atoms with Crippen LogP contribution in [0.2, 0.25) is 5.02 Å². The molecule has 126 valence electrons. The predicted molar refractivity (Wildman–Crippen MR) is 90.9 cm³/mol. The molecule has 0 aliphatic heterocycles. The molecule has 0 bridgehead atoms. The van der Waals surface area contributed by atoms with E-state index in [0.717, 1.165) is 0 Å². The largest absolute Gasteiger partial charge is 0.507 e. The van der Waals surface area contributed by atoms with E-state index in [-0.39, 0.29) is 28.6 Å². The standard InChI is InChI=1S/C17H11ClN2O5/c18-10-3-1-9(2-4-10)15-20-13(17(24)25-15)8-19-11-5-6-14(21)12(7-11)16(22)23/h1-8,21,24H,(H,22,23). The van der Waals surface area contributed by atoms with Gasteiger partial charge in [-0.1, -0.05) is 11.6 Å². The average Bonchev–Trinajstić information content (AvgIpc) is 2.95. The Bertz CT molecular complexity index is 964. The Hall–Kier alpha value is -3.32. The van der Waals surface area contributed by atoms with Crippen LogP contribution in [0.1, 0.15) is 16.1 Å². The lowest BCUT2D eigenvalue weighted by molar-refractivity contribution is 0.0693. The zero-order valence-corrected chi connectivity index (χ0v) is 13.3. The van der Waals surface area contributed by atoms with E-state index >= 15 is 0 Å². The van der Waals surface area contributed by atoms with Crippen molar-refractivity contribution in [1.82, 2.24) is 4.98 Å². The average molecular weight is 359 g/mol. The summed E-state index contributed by atoms with van der Waals surface area (Å²) in [6.07, 6.45) is 1.23. The number of aromatic carboxylic acids is 1. The van der Waals surface area contributed by atoms with Gasteiger partial charge in [0.25, 0.3) is 0 Å². The summed E-state index contributed by atoms with van der Waals surface area (Å²) in [5, 5.41) is 28.8. The molecule has 3 aromatic rings. The van der Waals surface area contributed by atoms with Gasteiger partial charge in [-0.2, -0.15) is 0 Å². The molecule has 1 heterocycles. The van der Waals surface area contributed by atoms with Crippen LogP contribution < -0.4 is 0 Å². The van der Waals surface area contributed by atoms with Crippen molar-refractivity contribution in [2.45, 2.75) is 0 Å². The van der Waals surface area contributed by atoms with Crippen LogP contribution in [0.4, 0.5) is 5.69 Å². The van der Waals surface area contributed by atoms with E-state index in [4.69, 9.17) is 21.1 Å². The number of rotatable bonds is 4. The van der Waals surface area contributed by atoms with Crippen LogP contribution in [0, 0.1) is 0 Å². The van der Waals surface area contributed by atoms with Crippen LogP contribution in [0.5, 0.6) is 11.7 Å². The van der Waals surface area contributed by atoms with Gasteiger partial charge in [0, 0.05) is 10.6 Å². The molecule has 7 nitrogen and oxygen atoms in total. The van der Waals surface area contributed by atoms with Crippen LogP contribution >= 0.6 is 11.6 Å². The molecule has 0 fully saturated rings. The number of benzene rings is 2. The summed E-state index contributed by atoms with van der Waals surface area (Å²) in [4.78, 5) is 19.2. The van der Waals surface area contributed by atoms with Crippen LogP contribution in [0.15, 0.2) is 51.9 Å². The molecular formula is C17H11ClN2O5. The summed E-state index contributed by atoms with van der Waals surface area (Å²) in [6, 6.07) is 10.5. The van der Waals surface area contributed by atoms with E-state index in [9.17, 15) is 15.0 Å². The summed E-state index contributed by atoms with van der Waals surface area (Å²) in [6.45, 7) is 0. The van der Waals surface area contributed by atoms with Gasteiger partial charge in [0.2, 0.25) is 5.89 Å². The first-order chi connectivity index (χ1) is 11.9. The fourth-order valence-electron chi connectivity index (χ4n) is 2.04. The number of halogens is 1. The first kappa shape index (κ1) is 16.5. The first-order valence-corrected chi connectivity index (χ1v) is 7.38. The maximum atomic E-state index is 11.0. The number of phenols is 1. The van der Waals surface area contributed by atoms with Gasteiger partial charge in [0.15, 0.2) is 5.69 Å². The van der Waals surface area contributed by atoms with E-state index in [1.165, 1.54) is 24.4 Å². The zero-order valence-electron chi connectivity index (χ0n) is 12.5. The molecule has 0 atom stereocenters. The molecule has 0 saturated heterocycles. The smallest absolute Gasteiger partial charge is 0.339 e. The lowest BCUT2D eigenvalue weighted by atomic mass is 10.2. The molecule has 0 amide bonds.